The molecule has 2 atom stereocenters. The van der Waals surface area contributed by atoms with Crippen molar-refractivity contribution in [1.82, 2.24) is 0 Å². The second-order valence-electron chi connectivity index (χ2n) is 4.72. The van der Waals surface area contributed by atoms with E-state index in [4.69, 9.17) is 4.74 Å². The first-order valence-corrected chi connectivity index (χ1v) is 5.65. The monoisotopic (exact) mass is 258 g/mol. The van der Waals surface area contributed by atoms with Crippen LogP contribution in [0.4, 0.5) is 13.2 Å². The van der Waals surface area contributed by atoms with Crippen LogP contribution in [0.2, 0.25) is 0 Å². The van der Waals surface area contributed by atoms with Crippen LogP contribution in [0.15, 0.2) is 18.2 Å². The zero-order chi connectivity index (χ0) is 13.5. The van der Waals surface area contributed by atoms with E-state index in [-0.39, 0.29) is 18.3 Å². The summed E-state index contributed by atoms with van der Waals surface area (Å²) in [5.74, 6) is -0.456. The number of benzene rings is 1. The van der Waals surface area contributed by atoms with Gasteiger partial charge in [0.25, 0.3) is 0 Å². The van der Waals surface area contributed by atoms with Crippen molar-refractivity contribution in [1.29, 1.82) is 0 Å². The van der Waals surface area contributed by atoms with E-state index in [0.717, 1.165) is 12.1 Å². The highest BCUT2D eigenvalue weighted by molar-refractivity contribution is 5.72. The van der Waals surface area contributed by atoms with Gasteiger partial charge in [-0.15, -0.1) is 0 Å². The van der Waals surface area contributed by atoms with Crippen molar-refractivity contribution in [2.75, 3.05) is 0 Å². The molecule has 0 amide bonds. The number of hydrogen-bond donors (Lipinski definition) is 0. The number of hydrogen-bond acceptors (Lipinski definition) is 2. The summed E-state index contributed by atoms with van der Waals surface area (Å²) in [7, 11) is 0. The topological polar surface area (TPSA) is 26.3 Å². The van der Waals surface area contributed by atoms with Crippen LogP contribution in [-0.2, 0) is 15.7 Å². The number of carbonyl (C=O) groups excluding carboxylic acids is 1. The van der Waals surface area contributed by atoms with E-state index in [0.29, 0.717) is 11.1 Å². The molecule has 1 aromatic rings. The molecule has 0 aromatic heterocycles. The summed E-state index contributed by atoms with van der Waals surface area (Å²) in [5.41, 5.74) is 0.225. The van der Waals surface area contributed by atoms with E-state index in [9.17, 15) is 18.0 Å². The lowest BCUT2D eigenvalue weighted by molar-refractivity contribution is -0.141. The molecule has 0 saturated carbocycles. The summed E-state index contributed by atoms with van der Waals surface area (Å²) >= 11 is 0. The van der Waals surface area contributed by atoms with Gasteiger partial charge in [-0.25, -0.2) is 0 Å². The smallest absolute Gasteiger partial charge is 0.416 e. The van der Waals surface area contributed by atoms with Crippen molar-refractivity contribution in [3.8, 4) is 0 Å². The molecule has 1 fully saturated rings. The van der Waals surface area contributed by atoms with E-state index in [2.05, 4.69) is 0 Å². The number of ether oxygens (including phenoxy) is 1. The Kier molecular flexibility index (Phi) is 3.09. The molecule has 1 heterocycles. The standard InChI is InChI=1S/C13H13F3O2/c1-7-3-9(6-10(4-7)13(14,15)16)12-8(2)5-11(17)18-12/h3-4,6,8,12H,5H2,1-2H3/t8-,12-/m1/s1. The van der Waals surface area contributed by atoms with Gasteiger partial charge in [-0.1, -0.05) is 18.6 Å². The Morgan fingerprint density at radius 3 is 2.44 bits per heavy atom. The van der Waals surface area contributed by atoms with Crippen LogP contribution in [0.3, 0.4) is 0 Å². The van der Waals surface area contributed by atoms with Crippen molar-refractivity contribution in [2.24, 2.45) is 5.92 Å². The largest absolute Gasteiger partial charge is 0.457 e. The second kappa shape index (κ2) is 4.30. The van der Waals surface area contributed by atoms with Crippen molar-refractivity contribution in [3.05, 3.63) is 34.9 Å². The van der Waals surface area contributed by atoms with Crippen molar-refractivity contribution >= 4 is 5.97 Å². The number of halogens is 3. The van der Waals surface area contributed by atoms with Gasteiger partial charge in [-0.05, 0) is 24.6 Å². The third-order valence-electron chi connectivity index (χ3n) is 3.02. The predicted molar refractivity (Wildman–Crippen MR) is 58.8 cm³/mol. The molecule has 1 aliphatic rings. The zero-order valence-corrected chi connectivity index (χ0v) is 10.0. The Labute approximate surface area is 103 Å². The Bertz CT molecular complexity index is 480. The first-order valence-electron chi connectivity index (χ1n) is 5.65. The summed E-state index contributed by atoms with van der Waals surface area (Å²) in [6.45, 7) is 3.39. The third kappa shape index (κ3) is 2.49. The maximum Gasteiger partial charge on any atom is 0.416 e. The van der Waals surface area contributed by atoms with Crippen LogP contribution >= 0.6 is 0 Å². The van der Waals surface area contributed by atoms with E-state index < -0.39 is 17.8 Å². The molecule has 1 saturated heterocycles. The Morgan fingerprint density at radius 1 is 1.28 bits per heavy atom. The third-order valence-corrected chi connectivity index (χ3v) is 3.02. The van der Waals surface area contributed by atoms with E-state index >= 15 is 0 Å². The van der Waals surface area contributed by atoms with Crippen LogP contribution < -0.4 is 0 Å². The number of alkyl halides is 3. The molecular formula is C13H13F3O2. The molecule has 0 radical (unpaired) electrons. The quantitative estimate of drug-likeness (QED) is 0.719. The van der Waals surface area contributed by atoms with E-state index in [1.54, 1.807) is 19.9 Å². The van der Waals surface area contributed by atoms with Crippen molar-refractivity contribution in [2.45, 2.75) is 32.5 Å². The highest BCUT2D eigenvalue weighted by Gasteiger charge is 2.36. The van der Waals surface area contributed by atoms with Gasteiger partial charge in [0.1, 0.15) is 6.10 Å². The maximum absolute atomic E-state index is 12.7. The first kappa shape index (κ1) is 12.9. The van der Waals surface area contributed by atoms with Gasteiger partial charge in [0.05, 0.1) is 12.0 Å². The average Bonchev–Trinajstić information content (AvgIpc) is 2.55. The molecule has 2 rings (SSSR count). The Morgan fingerprint density at radius 2 is 1.94 bits per heavy atom. The van der Waals surface area contributed by atoms with Gasteiger partial charge in [0, 0.05) is 5.92 Å². The van der Waals surface area contributed by atoms with Gasteiger partial charge in [-0.2, -0.15) is 13.2 Å². The molecule has 1 aliphatic heterocycles. The van der Waals surface area contributed by atoms with Gasteiger partial charge in [0.15, 0.2) is 0 Å². The number of cyclic esters (lactones) is 1. The number of carbonyl (C=O) groups is 1. The Balaban J connectivity index is 2.40. The molecule has 0 aliphatic carbocycles. The maximum atomic E-state index is 12.7. The number of esters is 1. The minimum Gasteiger partial charge on any atom is -0.457 e. The lowest BCUT2D eigenvalue weighted by Crippen LogP contribution is -2.10. The zero-order valence-electron chi connectivity index (χ0n) is 10.0. The summed E-state index contributed by atoms with van der Waals surface area (Å²) in [6, 6.07) is 3.78. The normalized spacial score (nSPS) is 24.2. The van der Waals surface area contributed by atoms with Crippen LogP contribution in [0, 0.1) is 12.8 Å². The minimum absolute atomic E-state index is 0.0969. The van der Waals surface area contributed by atoms with Gasteiger partial charge >= 0.3 is 12.1 Å². The van der Waals surface area contributed by atoms with E-state index in [1.807, 2.05) is 0 Å². The average molecular weight is 258 g/mol. The fraction of sp³-hybridized carbons (Fsp3) is 0.462. The summed E-state index contributed by atoms with van der Waals surface area (Å²) in [6.07, 6.45) is -4.70. The molecule has 1 aromatic carbocycles. The highest BCUT2D eigenvalue weighted by Crippen LogP contribution is 2.38. The second-order valence-corrected chi connectivity index (χ2v) is 4.72. The Hall–Kier alpha value is -1.52. The minimum atomic E-state index is -4.38. The van der Waals surface area contributed by atoms with Gasteiger partial charge < -0.3 is 4.74 Å². The highest BCUT2D eigenvalue weighted by atomic mass is 19.4. The lowest BCUT2D eigenvalue weighted by atomic mass is 9.94. The molecule has 0 N–H and O–H groups in total. The van der Waals surface area contributed by atoms with Gasteiger partial charge in [0.2, 0.25) is 0 Å². The summed E-state index contributed by atoms with van der Waals surface area (Å²) in [4.78, 5) is 11.2. The van der Waals surface area contributed by atoms with Crippen LogP contribution in [0.1, 0.15) is 36.1 Å². The molecule has 98 valence electrons. The molecule has 0 unspecified atom stereocenters. The molecule has 0 spiro atoms. The van der Waals surface area contributed by atoms with Crippen molar-refractivity contribution < 1.29 is 22.7 Å². The molecular weight excluding hydrogens is 245 g/mol. The predicted octanol–water partition coefficient (Wildman–Crippen LogP) is 3.64. The summed E-state index contributed by atoms with van der Waals surface area (Å²) in [5, 5.41) is 0. The van der Waals surface area contributed by atoms with Crippen LogP contribution in [0.25, 0.3) is 0 Å². The van der Waals surface area contributed by atoms with Crippen molar-refractivity contribution in [3.63, 3.8) is 0 Å². The number of rotatable bonds is 1. The SMILES string of the molecule is Cc1cc([C@@H]2OC(=O)C[C@H]2C)cc(C(F)(F)F)c1. The molecule has 5 heteroatoms. The van der Waals surface area contributed by atoms with E-state index in [1.165, 1.54) is 0 Å². The van der Waals surface area contributed by atoms with Crippen LogP contribution in [0.5, 0.6) is 0 Å². The molecule has 18 heavy (non-hydrogen) atoms. The lowest BCUT2D eigenvalue weighted by Gasteiger charge is -2.17. The van der Waals surface area contributed by atoms with Crippen LogP contribution in [-0.4, -0.2) is 5.97 Å². The fourth-order valence-electron chi connectivity index (χ4n) is 2.21. The summed E-state index contributed by atoms with van der Waals surface area (Å²) < 4.78 is 43.2. The fourth-order valence-corrected chi connectivity index (χ4v) is 2.21. The van der Waals surface area contributed by atoms with Gasteiger partial charge in [-0.3, -0.25) is 4.79 Å². The molecule has 0 bridgehead atoms. The first-order chi connectivity index (χ1) is 8.27. The molecule has 2 nitrogen and oxygen atoms in total. The number of aryl methyl sites for hydroxylation is 1.